The molecule has 1 aliphatic rings. The van der Waals surface area contributed by atoms with Gasteiger partial charge >= 0.3 is 0 Å². The van der Waals surface area contributed by atoms with Gasteiger partial charge in [-0.15, -0.1) is 0 Å². The van der Waals surface area contributed by atoms with Gasteiger partial charge in [0.05, 0.1) is 12.0 Å². The number of nitrogens with two attached hydrogens (primary N) is 1. The molecule has 1 aromatic carbocycles. The molecule has 0 saturated carbocycles. The summed E-state index contributed by atoms with van der Waals surface area (Å²) >= 11 is 3.53. The summed E-state index contributed by atoms with van der Waals surface area (Å²) in [5.74, 6) is 0. The molecule has 3 rings (SSSR count). The van der Waals surface area contributed by atoms with E-state index in [4.69, 9.17) is 5.73 Å². The molecule has 1 unspecified atom stereocenters. The quantitative estimate of drug-likeness (QED) is 0.880. The van der Waals surface area contributed by atoms with Crippen molar-refractivity contribution in [2.45, 2.75) is 32.4 Å². The van der Waals surface area contributed by atoms with Crippen molar-refractivity contribution >= 4 is 15.9 Å². The summed E-state index contributed by atoms with van der Waals surface area (Å²) in [6.45, 7) is 3.10. The van der Waals surface area contributed by atoms with E-state index in [0.29, 0.717) is 0 Å². The highest BCUT2D eigenvalue weighted by Crippen LogP contribution is 2.30. The minimum absolute atomic E-state index is 0.264. The number of aromatic nitrogens is 2. The van der Waals surface area contributed by atoms with Crippen LogP contribution < -0.4 is 5.73 Å². The Morgan fingerprint density at radius 1 is 1.44 bits per heavy atom. The zero-order chi connectivity index (χ0) is 12.7. The SMILES string of the molecule is Cc1ccc(Br)cc1-c1ncn2c1CC(N)CC2. The lowest BCUT2D eigenvalue weighted by Gasteiger charge is -2.21. The molecule has 0 fully saturated rings. The van der Waals surface area contributed by atoms with Crippen LogP contribution in [0.15, 0.2) is 29.0 Å². The van der Waals surface area contributed by atoms with E-state index in [-0.39, 0.29) is 6.04 Å². The molecule has 1 aliphatic heterocycles. The first-order valence-corrected chi connectivity index (χ1v) is 7.00. The summed E-state index contributed by atoms with van der Waals surface area (Å²) in [4.78, 5) is 4.59. The minimum atomic E-state index is 0.264. The van der Waals surface area contributed by atoms with Crippen LogP contribution in [0.2, 0.25) is 0 Å². The largest absolute Gasteiger partial charge is 0.334 e. The molecule has 2 N–H and O–H groups in total. The first-order chi connectivity index (χ1) is 8.65. The van der Waals surface area contributed by atoms with E-state index in [9.17, 15) is 0 Å². The highest BCUT2D eigenvalue weighted by atomic mass is 79.9. The lowest BCUT2D eigenvalue weighted by Crippen LogP contribution is -2.30. The monoisotopic (exact) mass is 305 g/mol. The minimum Gasteiger partial charge on any atom is -0.334 e. The Morgan fingerprint density at radius 3 is 3.11 bits per heavy atom. The summed E-state index contributed by atoms with van der Waals surface area (Å²) in [6.07, 6.45) is 3.90. The van der Waals surface area contributed by atoms with Gasteiger partial charge in [0.25, 0.3) is 0 Å². The maximum atomic E-state index is 6.07. The van der Waals surface area contributed by atoms with Crippen molar-refractivity contribution in [2.24, 2.45) is 5.73 Å². The Kier molecular flexibility index (Phi) is 2.99. The number of aryl methyl sites for hydroxylation is 2. The van der Waals surface area contributed by atoms with Gasteiger partial charge in [-0.3, -0.25) is 0 Å². The molecule has 0 spiro atoms. The first kappa shape index (κ1) is 11.9. The van der Waals surface area contributed by atoms with Gasteiger partial charge in [-0.1, -0.05) is 22.0 Å². The fourth-order valence-corrected chi connectivity index (χ4v) is 2.91. The van der Waals surface area contributed by atoms with E-state index in [1.807, 2.05) is 6.33 Å². The van der Waals surface area contributed by atoms with Crippen LogP contribution in [-0.4, -0.2) is 15.6 Å². The topological polar surface area (TPSA) is 43.8 Å². The Bertz CT molecular complexity index is 589. The molecule has 1 atom stereocenters. The van der Waals surface area contributed by atoms with Gasteiger partial charge in [-0.05, 0) is 31.0 Å². The molecule has 3 nitrogen and oxygen atoms in total. The normalized spacial score (nSPS) is 18.7. The molecule has 0 saturated heterocycles. The molecule has 0 amide bonds. The number of benzene rings is 1. The number of imidazole rings is 1. The van der Waals surface area contributed by atoms with E-state index in [2.05, 4.69) is 50.6 Å². The molecule has 0 aliphatic carbocycles. The van der Waals surface area contributed by atoms with Crippen LogP contribution in [0.4, 0.5) is 0 Å². The fourth-order valence-electron chi connectivity index (χ4n) is 2.54. The van der Waals surface area contributed by atoms with Gasteiger partial charge < -0.3 is 10.3 Å². The molecule has 4 heteroatoms. The molecule has 18 heavy (non-hydrogen) atoms. The number of hydrogen-bond donors (Lipinski definition) is 1. The molecule has 0 radical (unpaired) electrons. The second kappa shape index (κ2) is 4.52. The van der Waals surface area contributed by atoms with Crippen molar-refractivity contribution in [1.82, 2.24) is 9.55 Å². The smallest absolute Gasteiger partial charge is 0.0956 e. The van der Waals surface area contributed by atoms with E-state index >= 15 is 0 Å². The lowest BCUT2D eigenvalue weighted by molar-refractivity contribution is 0.472. The number of nitrogens with zero attached hydrogens (tertiary/aromatic N) is 2. The van der Waals surface area contributed by atoms with E-state index < -0.39 is 0 Å². The van der Waals surface area contributed by atoms with Crippen molar-refractivity contribution in [3.05, 3.63) is 40.3 Å². The number of fused-ring (bicyclic) bond motifs is 1. The Morgan fingerprint density at radius 2 is 2.28 bits per heavy atom. The third-order valence-electron chi connectivity index (χ3n) is 3.60. The third-order valence-corrected chi connectivity index (χ3v) is 4.09. The van der Waals surface area contributed by atoms with Gasteiger partial charge in [0.15, 0.2) is 0 Å². The van der Waals surface area contributed by atoms with Gasteiger partial charge in [0.1, 0.15) is 0 Å². The first-order valence-electron chi connectivity index (χ1n) is 6.21. The van der Waals surface area contributed by atoms with Crippen LogP contribution in [0.1, 0.15) is 17.7 Å². The second-order valence-corrected chi connectivity index (χ2v) is 5.86. The van der Waals surface area contributed by atoms with E-state index in [0.717, 1.165) is 29.6 Å². The van der Waals surface area contributed by atoms with Crippen LogP contribution in [0, 0.1) is 6.92 Å². The Labute approximate surface area is 115 Å². The van der Waals surface area contributed by atoms with Crippen LogP contribution >= 0.6 is 15.9 Å². The van der Waals surface area contributed by atoms with Gasteiger partial charge in [-0.2, -0.15) is 0 Å². The van der Waals surface area contributed by atoms with Crippen molar-refractivity contribution in [3.8, 4) is 11.3 Å². The summed E-state index contributed by atoms with van der Waals surface area (Å²) in [6, 6.07) is 6.58. The standard InChI is InChI=1S/C14H16BrN3/c1-9-2-3-10(15)6-12(9)14-13-7-11(16)4-5-18(13)8-17-14/h2-3,6,8,11H,4-5,7,16H2,1H3. The molecule has 2 heterocycles. The Hall–Kier alpha value is -1.13. The van der Waals surface area contributed by atoms with Gasteiger partial charge in [0.2, 0.25) is 0 Å². The van der Waals surface area contributed by atoms with Crippen molar-refractivity contribution in [1.29, 1.82) is 0 Å². The number of hydrogen-bond acceptors (Lipinski definition) is 2. The van der Waals surface area contributed by atoms with E-state index in [1.54, 1.807) is 0 Å². The van der Waals surface area contributed by atoms with Gasteiger partial charge in [-0.25, -0.2) is 4.98 Å². The van der Waals surface area contributed by atoms with Gasteiger partial charge in [0, 0.05) is 34.7 Å². The van der Waals surface area contributed by atoms with Crippen LogP contribution in [0.3, 0.4) is 0 Å². The predicted octanol–water partition coefficient (Wildman–Crippen LogP) is 2.89. The highest BCUT2D eigenvalue weighted by molar-refractivity contribution is 9.10. The summed E-state index contributed by atoms with van der Waals surface area (Å²) in [5.41, 5.74) is 10.9. The van der Waals surface area contributed by atoms with E-state index in [1.165, 1.54) is 16.8 Å². The number of halogens is 1. The van der Waals surface area contributed by atoms with Crippen LogP contribution in [0.5, 0.6) is 0 Å². The molecular weight excluding hydrogens is 290 g/mol. The number of rotatable bonds is 1. The molecular formula is C14H16BrN3. The summed E-state index contributed by atoms with van der Waals surface area (Å²) in [7, 11) is 0. The molecule has 2 aromatic rings. The molecule has 1 aromatic heterocycles. The molecule has 94 valence electrons. The van der Waals surface area contributed by atoms with Crippen LogP contribution in [-0.2, 0) is 13.0 Å². The summed E-state index contributed by atoms with van der Waals surface area (Å²) < 4.78 is 3.32. The maximum absolute atomic E-state index is 6.07. The fraction of sp³-hybridized carbons (Fsp3) is 0.357. The van der Waals surface area contributed by atoms with Crippen molar-refractivity contribution in [3.63, 3.8) is 0 Å². The van der Waals surface area contributed by atoms with Crippen molar-refractivity contribution < 1.29 is 0 Å². The molecule has 0 bridgehead atoms. The zero-order valence-corrected chi connectivity index (χ0v) is 11.9. The summed E-state index contributed by atoms with van der Waals surface area (Å²) in [5, 5.41) is 0. The second-order valence-electron chi connectivity index (χ2n) is 4.95. The Balaban J connectivity index is 2.12. The van der Waals surface area contributed by atoms with Crippen LogP contribution in [0.25, 0.3) is 11.3 Å². The predicted molar refractivity (Wildman–Crippen MR) is 76.4 cm³/mol. The average Bonchev–Trinajstić information content (AvgIpc) is 2.75. The van der Waals surface area contributed by atoms with Crippen molar-refractivity contribution in [2.75, 3.05) is 0 Å². The third kappa shape index (κ3) is 1.99. The highest BCUT2D eigenvalue weighted by Gasteiger charge is 2.21. The average molecular weight is 306 g/mol. The zero-order valence-electron chi connectivity index (χ0n) is 10.4. The maximum Gasteiger partial charge on any atom is 0.0956 e. The lowest BCUT2D eigenvalue weighted by atomic mass is 9.98.